The molecule has 0 bridgehead atoms. The molecule has 0 aromatic heterocycles. The maximum absolute atomic E-state index is 14.3. The Morgan fingerprint density at radius 3 is 1.89 bits per heavy atom. The number of alkyl halides is 7. The highest BCUT2D eigenvalue weighted by atomic mass is 19.4. The molecule has 1 aromatic rings. The first-order valence-corrected chi connectivity index (χ1v) is 7.99. The van der Waals surface area contributed by atoms with Gasteiger partial charge < -0.3 is 9.64 Å². The van der Waals surface area contributed by atoms with Gasteiger partial charge in [-0.3, -0.25) is 5.32 Å². The lowest BCUT2D eigenvalue weighted by molar-refractivity contribution is -0.348. The minimum atomic E-state index is -6.22. The summed E-state index contributed by atoms with van der Waals surface area (Å²) in [6.45, 7) is 4.55. The van der Waals surface area contributed by atoms with Crippen LogP contribution in [0.2, 0.25) is 0 Å². The van der Waals surface area contributed by atoms with E-state index in [0.29, 0.717) is 12.1 Å². The molecule has 11 heteroatoms. The van der Waals surface area contributed by atoms with Crippen molar-refractivity contribution in [1.82, 2.24) is 4.90 Å². The number of nitrogens with zero attached hydrogens (tertiary/aromatic N) is 1. The molecule has 0 fully saturated rings. The summed E-state index contributed by atoms with van der Waals surface area (Å²) in [7, 11) is 3.00. The Labute approximate surface area is 157 Å². The summed E-state index contributed by atoms with van der Waals surface area (Å²) in [5.41, 5.74) is -8.31. The van der Waals surface area contributed by atoms with E-state index in [4.69, 9.17) is 4.74 Å². The third-order valence-corrected chi connectivity index (χ3v) is 3.41. The van der Waals surface area contributed by atoms with Gasteiger partial charge in [0.05, 0.1) is 0 Å². The number of ether oxygens (including phenoxy) is 1. The summed E-state index contributed by atoms with van der Waals surface area (Å²) in [4.78, 5) is 13.3. The van der Waals surface area contributed by atoms with E-state index in [-0.39, 0.29) is 17.8 Å². The Morgan fingerprint density at radius 2 is 1.50 bits per heavy atom. The highest BCUT2D eigenvalue weighted by Crippen LogP contribution is 2.53. The molecule has 4 nitrogen and oxygen atoms in total. The van der Waals surface area contributed by atoms with Crippen LogP contribution in [0.25, 0.3) is 0 Å². The first-order chi connectivity index (χ1) is 12.4. The molecule has 0 aliphatic heterocycles. The fourth-order valence-corrected chi connectivity index (χ4v) is 2.30. The number of hydrogen-bond acceptors (Lipinski definition) is 3. The first-order valence-electron chi connectivity index (χ1n) is 7.99. The third kappa shape index (κ3) is 5.49. The van der Waals surface area contributed by atoms with Crippen molar-refractivity contribution < 1.29 is 40.3 Å². The van der Waals surface area contributed by atoms with Crippen molar-refractivity contribution in [1.29, 1.82) is 0 Å². The van der Waals surface area contributed by atoms with E-state index in [9.17, 15) is 35.5 Å². The first kappa shape index (κ1) is 24.0. The minimum Gasteiger partial charge on any atom is -0.444 e. The lowest BCUT2D eigenvalue weighted by atomic mass is 9.92. The maximum Gasteiger partial charge on any atom is 0.435 e. The SMILES string of the molecule is CN(C)Cc1cc(C(F)(C(F)(F)F)C(F)(F)F)ccc1NC(=O)OC(C)(C)C. The molecule has 1 aromatic carbocycles. The Hall–Kier alpha value is -2.04. The largest absolute Gasteiger partial charge is 0.444 e. The predicted molar refractivity (Wildman–Crippen MR) is 88.6 cm³/mol. The molecule has 0 atom stereocenters. The second-order valence-corrected chi connectivity index (χ2v) is 7.39. The molecular weight excluding hydrogens is 397 g/mol. The Morgan fingerprint density at radius 1 is 1.00 bits per heavy atom. The average Bonchev–Trinajstić information content (AvgIpc) is 2.43. The van der Waals surface area contributed by atoms with Crippen LogP contribution in [0.1, 0.15) is 31.9 Å². The van der Waals surface area contributed by atoms with Gasteiger partial charge in [0.15, 0.2) is 0 Å². The Bertz CT molecular complexity index is 693. The number of carbonyl (C=O) groups is 1. The number of nitrogens with one attached hydrogen (secondary N) is 1. The molecular formula is C17H21F7N2O2. The molecule has 0 saturated carbocycles. The smallest absolute Gasteiger partial charge is 0.435 e. The van der Waals surface area contributed by atoms with Crippen molar-refractivity contribution in [2.75, 3.05) is 19.4 Å². The van der Waals surface area contributed by atoms with E-state index in [2.05, 4.69) is 5.32 Å². The zero-order chi connectivity index (χ0) is 22.1. The summed E-state index contributed by atoms with van der Waals surface area (Å²) < 4.78 is 97.2. The second-order valence-electron chi connectivity index (χ2n) is 7.39. The van der Waals surface area contributed by atoms with Crippen molar-refractivity contribution >= 4 is 11.8 Å². The third-order valence-electron chi connectivity index (χ3n) is 3.41. The van der Waals surface area contributed by atoms with Crippen LogP contribution in [0, 0.1) is 0 Å². The molecule has 0 aliphatic carbocycles. The molecule has 160 valence electrons. The zero-order valence-corrected chi connectivity index (χ0v) is 15.8. The van der Waals surface area contributed by atoms with Gasteiger partial charge in [-0.25, -0.2) is 9.18 Å². The van der Waals surface area contributed by atoms with Gasteiger partial charge in [-0.05, 0) is 52.6 Å². The van der Waals surface area contributed by atoms with Crippen molar-refractivity contribution in [2.45, 2.75) is 50.9 Å². The molecule has 0 heterocycles. The molecule has 1 rings (SSSR count). The molecule has 0 radical (unpaired) electrons. The van der Waals surface area contributed by atoms with Gasteiger partial charge in [-0.2, -0.15) is 26.3 Å². The van der Waals surface area contributed by atoms with Gasteiger partial charge in [0.25, 0.3) is 0 Å². The lowest BCUT2D eigenvalue weighted by Crippen LogP contribution is -2.50. The predicted octanol–water partition coefficient (Wildman–Crippen LogP) is 5.38. The van der Waals surface area contributed by atoms with Crippen molar-refractivity contribution in [3.05, 3.63) is 29.3 Å². The summed E-state index contributed by atoms with van der Waals surface area (Å²) in [5, 5.41) is 2.26. The molecule has 0 spiro atoms. The van der Waals surface area contributed by atoms with Gasteiger partial charge in [-0.15, -0.1) is 0 Å². The number of rotatable bonds is 4. The van der Waals surface area contributed by atoms with Crippen LogP contribution in [0.5, 0.6) is 0 Å². The van der Waals surface area contributed by atoms with Crippen LogP contribution in [0.3, 0.4) is 0 Å². The normalized spacial score (nSPS) is 13.6. The van der Waals surface area contributed by atoms with E-state index in [1.54, 1.807) is 20.8 Å². The number of benzene rings is 1. The van der Waals surface area contributed by atoms with Crippen molar-refractivity contribution in [2.24, 2.45) is 0 Å². The zero-order valence-electron chi connectivity index (χ0n) is 15.8. The van der Waals surface area contributed by atoms with Gasteiger partial charge in [-0.1, -0.05) is 6.07 Å². The van der Waals surface area contributed by atoms with Crippen LogP contribution < -0.4 is 5.32 Å². The van der Waals surface area contributed by atoms with E-state index in [0.717, 1.165) is 6.07 Å². The maximum atomic E-state index is 14.3. The van der Waals surface area contributed by atoms with Crippen LogP contribution in [0.4, 0.5) is 41.2 Å². The number of amides is 1. The van der Waals surface area contributed by atoms with E-state index in [1.807, 2.05) is 0 Å². The van der Waals surface area contributed by atoms with E-state index < -0.39 is 35.3 Å². The van der Waals surface area contributed by atoms with Gasteiger partial charge in [0, 0.05) is 17.8 Å². The molecule has 1 N–H and O–H groups in total. The van der Waals surface area contributed by atoms with E-state index >= 15 is 0 Å². The van der Waals surface area contributed by atoms with Gasteiger partial charge >= 0.3 is 24.1 Å². The monoisotopic (exact) mass is 418 g/mol. The summed E-state index contributed by atoms with van der Waals surface area (Å²) in [5.74, 6) is 0. The number of hydrogen-bond donors (Lipinski definition) is 1. The van der Waals surface area contributed by atoms with Crippen LogP contribution >= 0.6 is 0 Å². The Balaban J connectivity index is 3.45. The summed E-state index contributed by atoms with van der Waals surface area (Å²) >= 11 is 0. The van der Waals surface area contributed by atoms with Gasteiger partial charge in [0.2, 0.25) is 0 Å². The summed E-state index contributed by atoms with van der Waals surface area (Å²) in [6.07, 6.45) is -13.4. The number of carbonyl (C=O) groups excluding carboxylic acids is 1. The number of halogens is 7. The highest BCUT2D eigenvalue weighted by Gasteiger charge is 2.73. The summed E-state index contributed by atoms with van der Waals surface area (Å²) in [6, 6.07) is 1.56. The van der Waals surface area contributed by atoms with Crippen molar-refractivity contribution in [3.8, 4) is 0 Å². The lowest BCUT2D eigenvalue weighted by Gasteiger charge is -2.31. The quantitative estimate of drug-likeness (QED) is 0.668. The minimum absolute atomic E-state index is 0.0987. The average molecular weight is 418 g/mol. The fraction of sp³-hybridized carbons (Fsp3) is 0.588. The molecule has 0 unspecified atom stereocenters. The van der Waals surface area contributed by atoms with Crippen LogP contribution in [0.15, 0.2) is 18.2 Å². The molecule has 28 heavy (non-hydrogen) atoms. The van der Waals surface area contributed by atoms with E-state index in [1.165, 1.54) is 19.0 Å². The van der Waals surface area contributed by atoms with Crippen LogP contribution in [-0.2, 0) is 17.0 Å². The van der Waals surface area contributed by atoms with Crippen molar-refractivity contribution in [3.63, 3.8) is 0 Å². The van der Waals surface area contributed by atoms with Gasteiger partial charge in [0.1, 0.15) is 5.60 Å². The molecule has 1 amide bonds. The number of anilines is 1. The molecule has 0 saturated heterocycles. The standard InChI is InChI=1S/C17H21F7N2O2/c1-14(2,3)28-13(27)25-12-7-6-11(8-10(12)9-26(4)5)15(18,16(19,20)21)17(22,23)24/h6-8H,9H2,1-5H3,(H,25,27). The topological polar surface area (TPSA) is 41.6 Å². The molecule has 0 aliphatic rings. The second kappa shape index (κ2) is 7.76. The highest BCUT2D eigenvalue weighted by molar-refractivity contribution is 5.86. The van der Waals surface area contributed by atoms with Crippen LogP contribution in [-0.4, -0.2) is 43.0 Å². The Kier molecular flexibility index (Phi) is 6.65. The fourth-order valence-electron chi connectivity index (χ4n) is 2.30.